The quantitative estimate of drug-likeness (QED) is 0.500. The average Bonchev–Trinajstić information content (AvgIpc) is 3.20. The summed E-state index contributed by atoms with van der Waals surface area (Å²) >= 11 is 9.45. The molecule has 3 heterocycles. The van der Waals surface area contributed by atoms with Crippen LogP contribution in [-0.2, 0) is 0 Å². The van der Waals surface area contributed by atoms with E-state index in [9.17, 15) is 9.59 Å². The highest BCUT2D eigenvalue weighted by Gasteiger charge is 2.25. The van der Waals surface area contributed by atoms with Crippen molar-refractivity contribution in [1.29, 1.82) is 0 Å². The van der Waals surface area contributed by atoms with Crippen molar-refractivity contribution in [3.8, 4) is 0 Å². The fraction of sp³-hybridized carbons (Fsp3) is 0.522. The van der Waals surface area contributed by atoms with Crippen LogP contribution < -0.4 is 10.6 Å². The van der Waals surface area contributed by atoms with Crippen LogP contribution in [0.5, 0.6) is 0 Å². The standard InChI is InChI=1S/C23H30BrClN6O2/c24-19-20(28-29-21(19)27-22(32)17-6-2-3-7-18(17)25)23(33)26-10-15-30-13-8-16(9-14-30)31-11-4-1-5-12-31/h2-3,6-7,16H,1,4-5,8-15H2,(H,26,33)(H2,27,28,29,32). The summed E-state index contributed by atoms with van der Waals surface area (Å²) in [6, 6.07) is 7.47. The summed E-state index contributed by atoms with van der Waals surface area (Å²) in [5.74, 6) is -0.423. The Hall–Kier alpha value is -1.94. The van der Waals surface area contributed by atoms with E-state index in [2.05, 4.69) is 46.6 Å². The Morgan fingerprint density at radius 3 is 2.55 bits per heavy atom. The van der Waals surface area contributed by atoms with Gasteiger partial charge in [0, 0.05) is 19.1 Å². The second-order valence-corrected chi connectivity index (χ2v) is 9.82. The van der Waals surface area contributed by atoms with Crippen molar-refractivity contribution in [3.05, 3.63) is 45.0 Å². The Morgan fingerprint density at radius 2 is 1.82 bits per heavy atom. The van der Waals surface area contributed by atoms with Gasteiger partial charge in [0.25, 0.3) is 11.8 Å². The number of carbonyl (C=O) groups is 2. The largest absolute Gasteiger partial charge is 0.349 e. The van der Waals surface area contributed by atoms with Crippen molar-refractivity contribution in [2.45, 2.75) is 38.1 Å². The number of nitrogens with one attached hydrogen (secondary N) is 3. The van der Waals surface area contributed by atoms with Crippen molar-refractivity contribution in [2.75, 3.05) is 44.6 Å². The molecule has 0 saturated carbocycles. The Labute approximate surface area is 207 Å². The zero-order valence-electron chi connectivity index (χ0n) is 18.6. The molecule has 33 heavy (non-hydrogen) atoms. The molecule has 8 nitrogen and oxygen atoms in total. The first-order valence-corrected chi connectivity index (χ1v) is 12.7. The van der Waals surface area contributed by atoms with E-state index < -0.39 is 5.91 Å². The minimum absolute atomic E-state index is 0.241. The number of benzene rings is 1. The molecule has 2 saturated heterocycles. The van der Waals surface area contributed by atoms with Crippen LogP contribution in [0.3, 0.4) is 0 Å². The van der Waals surface area contributed by atoms with Gasteiger partial charge in [0.2, 0.25) is 0 Å². The molecule has 0 radical (unpaired) electrons. The first-order valence-electron chi connectivity index (χ1n) is 11.6. The van der Waals surface area contributed by atoms with Gasteiger partial charge in [-0.05, 0) is 79.9 Å². The summed E-state index contributed by atoms with van der Waals surface area (Å²) in [7, 11) is 0. The fourth-order valence-electron chi connectivity index (χ4n) is 4.59. The molecule has 178 valence electrons. The number of rotatable bonds is 7. The third kappa shape index (κ3) is 6.15. The molecule has 4 rings (SSSR count). The van der Waals surface area contributed by atoms with E-state index in [0.29, 0.717) is 21.6 Å². The van der Waals surface area contributed by atoms with Crippen LogP contribution in [0.4, 0.5) is 5.82 Å². The van der Waals surface area contributed by atoms with Crippen LogP contribution in [-0.4, -0.2) is 77.1 Å². The number of aromatic nitrogens is 2. The summed E-state index contributed by atoms with van der Waals surface area (Å²) in [6.07, 6.45) is 6.45. The lowest BCUT2D eigenvalue weighted by Crippen LogP contribution is -2.48. The Balaban J connectivity index is 1.22. The predicted molar refractivity (Wildman–Crippen MR) is 133 cm³/mol. The Kier molecular flexibility index (Phi) is 8.40. The van der Waals surface area contributed by atoms with E-state index in [1.807, 2.05) is 0 Å². The van der Waals surface area contributed by atoms with Gasteiger partial charge in [0.05, 0.1) is 15.1 Å². The van der Waals surface area contributed by atoms with E-state index >= 15 is 0 Å². The van der Waals surface area contributed by atoms with Gasteiger partial charge in [-0.3, -0.25) is 14.7 Å². The molecule has 2 fully saturated rings. The van der Waals surface area contributed by atoms with Gasteiger partial charge in [-0.2, -0.15) is 5.10 Å². The monoisotopic (exact) mass is 536 g/mol. The van der Waals surface area contributed by atoms with Gasteiger partial charge in [0.1, 0.15) is 5.69 Å². The summed E-state index contributed by atoms with van der Waals surface area (Å²) in [4.78, 5) is 30.2. The van der Waals surface area contributed by atoms with E-state index in [-0.39, 0.29) is 17.4 Å². The zero-order valence-corrected chi connectivity index (χ0v) is 20.9. The highest BCUT2D eigenvalue weighted by atomic mass is 79.9. The summed E-state index contributed by atoms with van der Waals surface area (Å²) < 4.78 is 0.405. The molecule has 1 aromatic carbocycles. The zero-order chi connectivity index (χ0) is 23.2. The number of amides is 2. The maximum Gasteiger partial charge on any atom is 0.270 e. The SMILES string of the molecule is O=C(Nc1n[nH]c(C(=O)NCCN2CCC(N3CCCCC3)CC2)c1Br)c1ccccc1Cl. The lowest BCUT2D eigenvalue weighted by Gasteiger charge is -2.40. The highest BCUT2D eigenvalue weighted by Crippen LogP contribution is 2.25. The van der Waals surface area contributed by atoms with Crippen molar-refractivity contribution < 1.29 is 9.59 Å². The maximum absolute atomic E-state index is 12.6. The molecular formula is C23H30BrClN6O2. The normalized spacial score (nSPS) is 18.2. The number of anilines is 1. The van der Waals surface area contributed by atoms with Crippen LogP contribution in [0.2, 0.25) is 5.02 Å². The van der Waals surface area contributed by atoms with Crippen molar-refractivity contribution in [2.24, 2.45) is 0 Å². The molecule has 0 atom stereocenters. The number of aromatic amines is 1. The fourth-order valence-corrected chi connectivity index (χ4v) is 5.27. The Morgan fingerprint density at radius 1 is 1.09 bits per heavy atom. The number of H-pyrrole nitrogens is 1. The van der Waals surface area contributed by atoms with Crippen LogP contribution in [0.1, 0.15) is 53.0 Å². The van der Waals surface area contributed by atoms with Crippen molar-refractivity contribution in [1.82, 2.24) is 25.3 Å². The van der Waals surface area contributed by atoms with E-state index in [4.69, 9.17) is 11.6 Å². The number of halogens is 2. The molecule has 0 unspecified atom stereocenters. The van der Waals surface area contributed by atoms with Gasteiger partial charge in [-0.15, -0.1) is 0 Å². The minimum Gasteiger partial charge on any atom is -0.349 e. The van der Waals surface area contributed by atoms with Gasteiger partial charge < -0.3 is 20.4 Å². The molecule has 0 bridgehead atoms. The van der Waals surface area contributed by atoms with Gasteiger partial charge in [-0.1, -0.05) is 30.2 Å². The third-order valence-electron chi connectivity index (χ3n) is 6.46. The molecule has 3 N–H and O–H groups in total. The van der Waals surface area contributed by atoms with Crippen molar-refractivity contribution in [3.63, 3.8) is 0 Å². The molecule has 10 heteroatoms. The van der Waals surface area contributed by atoms with Crippen LogP contribution in [0.15, 0.2) is 28.7 Å². The number of hydrogen-bond donors (Lipinski definition) is 3. The van der Waals surface area contributed by atoms with Gasteiger partial charge in [0.15, 0.2) is 5.82 Å². The van der Waals surface area contributed by atoms with E-state index in [0.717, 1.165) is 25.7 Å². The first-order chi connectivity index (χ1) is 16.0. The van der Waals surface area contributed by atoms with Gasteiger partial charge in [-0.25, -0.2) is 0 Å². The topological polar surface area (TPSA) is 93.4 Å². The highest BCUT2D eigenvalue weighted by molar-refractivity contribution is 9.10. The van der Waals surface area contributed by atoms with Crippen LogP contribution in [0.25, 0.3) is 0 Å². The summed E-state index contributed by atoms with van der Waals surface area (Å²) in [5.41, 5.74) is 0.609. The lowest BCUT2D eigenvalue weighted by atomic mass is 10.00. The second-order valence-electron chi connectivity index (χ2n) is 8.62. The number of hydrogen-bond acceptors (Lipinski definition) is 5. The smallest absolute Gasteiger partial charge is 0.270 e. The third-order valence-corrected chi connectivity index (χ3v) is 7.56. The molecule has 2 aromatic rings. The molecule has 2 aliphatic heterocycles. The van der Waals surface area contributed by atoms with Crippen LogP contribution >= 0.6 is 27.5 Å². The van der Waals surface area contributed by atoms with E-state index in [1.54, 1.807) is 24.3 Å². The minimum atomic E-state index is -0.396. The molecule has 2 aliphatic rings. The van der Waals surface area contributed by atoms with Crippen LogP contribution in [0, 0.1) is 0 Å². The number of carbonyl (C=O) groups excluding carboxylic acids is 2. The molecular weight excluding hydrogens is 508 g/mol. The summed E-state index contributed by atoms with van der Waals surface area (Å²) in [5, 5.41) is 12.7. The molecule has 0 spiro atoms. The van der Waals surface area contributed by atoms with E-state index in [1.165, 1.54) is 45.2 Å². The number of likely N-dealkylation sites (tertiary alicyclic amines) is 2. The number of nitrogens with zero attached hydrogens (tertiary/aromatic N) is 3. The first kappa shape index (κ1) is 24.2. The molecule has 0 aliphatic carbocycles. The Bertz CT molecular complexity index is 970. The lowest BCUT2D eigenvalue weighted by molar-refractivity contribution is 0.0878. The second kappa shape index (κ2) is 11.5. The maximum atomic E-state index is 12.6. The molecule has 1 aromatic heterocycles. The summed E-state index contributed by atoms with van der Waals surface area (Å²) in [6.45, 7) is 6.02. The van der Waals surface area contributed by atoms with Gasteiger partial charge >= 0.3 is 0 Å². The number of piperidine rings is 2. The average molecular weight is 538 g/mol. The van der Waals surface area contributed by atoms with Crippen molar-refractivity contribution >= 4 is 45.2 Å². The molecule has 2 amide bonds. The predicted octanol–water partition coefficient (Wildman–Crippen LogP) is 3.76.